The van der Waals surface area contributed by atoms with Crippen molar-refractivity contribution in [1.82, 2.24) is 0 Å². The molecule has 0 saturated heterocycles. The van der Waals surface area contributed by atoms with Gasteiger partial charge < -0.3 is 0 Å². The van der Waals surface area contributed by atoms with Crippen LogP contribution < -0.4 is 0 Å². The van der Waals surface area contributed by atoms with Crippen molar-refractivity contribution < 1.29 is 0 Å². The SMILES string of the molecule is C=CC/C(=C/[Si](C)(C)C)C1=CCCCC1. The highest BCUT2D eigenvalue weighted by atomic mass is 28.3. The molecule has 0 unspecified atom stereocenters. The van der Waals surface area contributed by atoms with Crippen LogP contribution in [-0.4, -0.2) is 8.07 Å². The smallest absolute Gasteiger partial charge is 0.0690 e. The van der Waals surface area contributed by atoms with E-state index >= 15 is 0 Å². The monoisotopic (exact) mass is 220 g/mol. The van der Waals surface area contributed by atoms with Crippen molar-refractivity contribution in [2.45, 2.75) is 51.7 Å². The molecule has 1 rings (SSSR count). The zero-order valence-electron chi connectivity index (χ0n) is 10.5. The Balaban J connectivity index is 2.86. The molecule has 0 radical (unpaired) electrons. The second kappa shape index (κ2) is 5.50. The molecule has 0 heterocycles. The summed E-state index contributed by atoms with van der Waals surface area (Å²) in [6, 6.07) is 0. The molecule has 0 N–H and O–H groups in total. The van der Waals surface area contributed by atoms with Gasteiger partial charge in [-0.05, 0) is 43.3 Å². The molecule has 1 aliphatic carbocycles. The summed E-state index contributed by atoms with van der Waals surface area (Å²) >= 11 is 0. The largest absolute Gasteiger partial charge is 0.103 e. The summed E-state index contributed by atoms with van der Waals surface area (Å²) in [5, 5.41) is 0. The van der Waals surface area contributed by atoms with Gasteiger partial charge in [-0.25, -0.2) is 0 Å². The van der Waals surface area contributed by atoms with E-state index in [4.69, 9.17) is 0 Å². The lowest BCUT2D eigenvalue weighted by molar-refractivity contribution is 0.704. The number of allylic oxidation sites excluding steroid dienone is 4. The Morgan fingerprint density at radius 2 is 2.13 bits per heavy atom. The molecule has 0 aromatic heterocycles. The van der Waals surface area contributed by atoms with Crippen LogP contribution in [0.15, 0.2) is 35.6 Å². The van der Waals surface area contributed by atoms with Crippen molar-refractivity contribution in [3.63, 3.8) is 0 Å². The van der Waals surface area contributed by atoms with Crippen LogP contribution in [0.25, 0.3) is 0 Å². The minimum Gasteiger partial charge on any atom is -0.103 e. The van der Waals surface area contributed by atoms with E-state index in [9.17, 15) is 0 Å². The fourth-order valence-electron chi connectivity index (χ4n) is 2.09. The Bertz CT molecular complexity index is 276. The van der Waals surface area contributed by atoms with Gasteiger partial charge in [0.2, 0.25) is 0 Å². The topological polar surface area (TPSA) is 0 Å². The molecule has 1 aliphatic rings. The number of hydrogen-bond donors (Lipinski definition) is 0. The summed E-state index contributed by atoms with van der Waals surface area (Å²) < 4.78 is 0. The van der Waals surface area contributed by atoms with E-state index in [1.54, 1.807) is 11.1 Å². The third-order valence-corrected chi connectivity index (χ3v) is 3.89. The Morgan fingerprint density at radius 3 is 2.60 bits per heavy atom. The van der Waals surface area contributed by atoms with Gasteiger partial charge in [0.15, 0.2) is 0 Å². The first-order chi connectivity index (χ1) is 7.03. The van der Waals surface area contributed by atoms with Gasteiger partial charge in [0.25, 0.3) is 0 Å². The highest BCUT2D eigenvalue weighted by Gasteiger charge is 2.14. The lowest BCUT2D eigenvalue weighted by Gasteiger charge is -2.19. The molecular formula is C14H24Si. The van der Waals surface area contributed by atoms with Crippen LogP contribution >= 0.6 is 0 Å². The molecule has 15 heavy (non-hydrogen) atoms. The van der Waals surface area contributed by atoms with E-state index in [0.29, 0.717) is 0 Å². The van der Waals surface area contributed by atoms with Crippen molar-refractivity contribution in [1.29, 1.82) is 0 Å². The van der Waals surface area contributed by atoms with Gasteiger partial charge in [0, 0.05) is 0 Å². The van der Waals surface area contributed by atoms with Crippen LogP contribution in [0.2, 0.25) is 19.6 Å². The van der Waals surface area contributed by atoms with E-state index in [1.807, 2.05) is 6.08 Å². The predicted octanol–water partition coefficient (Wildman–Crippen LogP) is 4.87. The summed E-state index contributed by atoms with van der Waals surface area (Å²) in [6.07, 6.45) is 10.8. The van der Waals surface area contributed by atoms with Crippen LogP contribution in [0.1, 0.15) is 32.1 Å². The summed E-state index contributed by atoms with van der Waals surface area (Å²) in [5.74, 6) is 0. The van der Waals surface area contributed by atoms with E-state index in [2.05, 4.69) is 38.0 Å². The first kappa shape index (κ1) is 12.5. The zero-order chi connectivity index (χ0) is 11.3. The Kier molecular flexibility index (Phi) is 4.59. The molecule has 0 aliphatic heterocycles. The Labute approximate surface area is 95.8 Å². The van der Waals surface area contributed by atoms with E-state index in [-0.39, 0.29) is 0 Å². The number of rotatable bonds is 4. The van der Waals surface area contributed by atoms with Gasteiger partial charge >= 0.3 is 0 Å². The van der Waals surface area contributed by atoms with Gasteiger partial charge in [-0.1, -0.05) is 37.5 Å². The van der Waals surface area contributed by atoms with Gasteiger partial charge in [0.05, 0.1) is 8.07 Å². The molecule has 0 aromatic carbocycles. The maximum atomic E-state index is 3.87. The fourth-order valence-corrected chi connectivity index (χ4v) is 3.44. The molecule has 1 heteroatoms. The maximum Gasteiger partial charge on any atom is 0.0690 e. The average molecular weight is 220 g/mol. The van der Waals surface area contributed by atoms with E-state index in [1.165, 1.54) is 25.7 Å². The highest BCUT2D eigenvalue weighted by Crippen LogP contribution is 2.27. The third-order valence-electron chi connectivity index (χ3n) is 2.67. The fraction of sp³-hybridized carbons (Fsp3) is 0.571. The Morgan fingerprint density at radius 1 is 1.40 bits per heavy atom. The van der Waals surface area contributed by atoms with E-state index < -0.39 is 8.07 Å². The van der Waals surface area contributed by atoms with Crippen molar-refractivity contribution >= 4 is 8.07 Å². The quantitative estimate of drug-likeness (QED) is 0.468. The van der Waals surface area contributed by atoms with E-state index in [0.717, 1.165) is 6.42 Å². The molecule has 84 valence electrons. The van der Waals surface area contributed by atoms with Crippen LogP contribution in [0.3, 0.4) is 0 Å². The van der Waals surface area contributed by atoms with Gasteiger partial charge in [0.1, 0.15) is 0 Å². The normalized spacial score (nSPS) is 18.6. The Hall–Kier alpha value is -0.563. The maximum absolute atomic E-state index is 3.87. The third kappa shape index (κ3) is 4.65. The molecule has 0 nitrogen and oxygen atoms in total. The molecule has 0 saturated carbocycles. The standard InChI is InChI=1S/C14H24Si/c1-5-9-14(12-15(2,3)4)13-10-7-6-8-11-13/h5,10,12H,1,6-9,11H2,2-4H3/b14-12-. The lowest BCUT2D eigenvalue weighted by atomic mass is 9.93. The second-order valence-corrected chi connectivity index (χ2v) is 10.5. The first-order valence-electron chi connectivity index (χ1n) is 6.05. The zero-order valence-corrected chi connectivity index (χ0v) is 11.5. The molecule has 0 bridgehead atoms. The van der Waals surface area contributed by atoms with Crippen LogP contribution in [-0.2, 0) is 0 Å². The minimum absolute atomic E-state index is 1.05. The molecule has 0 atom stereocenters. The summed E-state index contributed by atoms with van der Waals surface area (Å²) in [7, 11) is -1.09. The second-order valence-electron chi connectivity index (χ2n) is 5.50. The highest BCUT2D eigenvalue weighted by molar-refractivity contribution is 6.81. The van der Waals surface area contributed by atoms with Crippen molar-refractivity contribution in [2.75, 3.05) is 0 Å². The molecule has 0 aromatic rings. The van der Waals surface area contributed by atoms with Crippen LogP contribution in [0, 0.1) is 0 Å². The molecular weight excluding hydrogens is 196 g/mol. The van der Waals surface area contributed by atoms with Crippen LogP contribution in [0.4, 0.5) is 0 Å². The van der Waals surface area contributed by atoms with Gasteiger partial charge in [-0.2, -0.15) is 0 Å². The minimum atomic E-state index is -1.09. The number of hydrogen-bond acceptors (Lipinski definition) is 0. The molecule has 0 spiro atoms. The summed E-state index contributed by atoms with van der Waals surface area (Å²) in [4.78, 5) is 0. The molecule has 0 amide bonds. The van der Waals surface area contributed by atoms with Crippen LogP contribution in [0.5, 0.6) is 0 Å². The molecule has 0 fully saturated rings. The van der Waals surface area contributed by atoms with Crippen molar-refractivity contribution in [2.24, 2.45) is 0 Å². The van der Waals surface area contributed by atoms with Gasteiger partial charge in [-0.3, -0.25) is 0 Å². The first-order valence-corrected chi connectivity index (χ1v) is 9.63. The van der Waals surface area contributed by atoms with Crippen molar-refractivity contribution in [3.05, 3.63) is 35.6 Å². The predicted molar refractivity (Wildman–Crippen MR) is 72.8 cm³/mol. The summed E-state index contributed by atoms with van der Waals surface area (Å²) in [6.45, 7) is 11.1. The van der Waals surface area contributed by atoms with Crippen molar-refractivity contribution in [3.8, 4) is 0 Å². The summed E-state index contributed by atoms with van der Waals surface area (Å²) in [5.41, 5.74) is 5.71. The lowest BCUT2D eigenvalue weighted by Crippen LogP contribution is -2.17. The van der Waals surface area contributed by atoms with Gasteiger partial charge in [-0.15, -0.1) is 6.58 Å². The average Bonchev–Trinajstić information content (AvgIpc) is 2.17.